The van der Waals surface area contributed by atoms with Gasteiger partial charge in [0.15, 0.2) is 23.1 Å². The number of nitrogens with two attached hydrogens (primary N) is 2. The monoisotopic (exact) mass is 964 g/mol. The zero-order chi connectivity index (χ0) is 51.2. The second kappa shape index (κ2) is 29.4. The summed E-state index contributed by atoms with van der Waals surface area (Å²) < 4.78 is 0. The Hall–Kier alpha value is -5.48. The van der Waals surface area contributed by atoms with E-state index in [0.717, 1.165) is 0 Å². The number of hydrogen-bond donors (Lipinski definition) is 9. The number of ketones is 5. The van der Waals surface area contributed by atoms with Crippen molar-refractivity contribution >= 4 is 70.4 Å². The molecule has 2 heterocycles. The molecule has 68 heavy (non-hydrogen) atoms. The average molecular weight is 964 g/mol. The average Bonchev–Trinajstić information content (AvgIpc) is 3.94. The normalized spacial score (nSPS) is 19.5. The number of β-amino-alcohol motifs (C(OH)–C–C–N with tert-alkyl or cyclic N) is 1. The lowest BCUT2D eigenvalue weighted by Gasteiger charge is -2.25. The predicted molar refractivity (Wildman–Crippen MR) is 243 cm³/mol. The summed E-state index contributed by atoms with van der Waals surface area (Å²) in [5.41, 5.74) is 10.8. The van der Waals surface area contributed by atoms with Crippen molar-refractivity contribution in [2.45, 2.75) is 173 Å². The number of aliphatic hydroxyl groups excluding tert-OH is 1. The predicted octanol–water partition coefficient (Wildman–Crippen LogP) is -0.381. The number of aliphatic carboxylic acids is 2. The van der Waals surface area contributed by atoms with Crippen LogP contribution in [0.3, 0.4) is 0 Å². The van der Waals surface area contributed by atoms with Gasteiger partial charge in [-0.05, 0) is 71.3 Å². The summed E-state index contributed by atoms with van der Waals surface area (Å²) in [7, 11) is 0. The van der Waals surface area contributed by atoms with Gasteiger partial charge in [0.25, 0.3) is 0 Å². The van der Waals surface area contributed by atoms with Gasteiger partial charge in [0.05, 0.1) is 54.6 Å². The molecule has 2 aliphatic rings. The number of carbonyl (C=O) groups is 12. The highest BCUT2D eigenvalue weighted by molar-refractivity contribution is 5.98. The van der Waals surface area contributed by atoms with Crippen molar-refractivity contribution in [1.29, 1.82) is 0 Å². The number of rotatable bonds is 34. The molecule has 22 heteroatoms. The van der Waals surface area contributed by atoms with Crippen LogP contribution >= 0.6 is 0 Å². The standard InChI is InChI=1S/C46H73N7O15/c1-25(2)18-29(44(65)50-26(3)35(55)12-15-42(62)53-17-7-9-34(53)39(59)19-28(46(67)68)8-5-6-16-47)20-37(57)27(4)51-45(66)30(22-43(63)64)21-38(58)32(10-13-40(48)60)52-41(61)14-11-36(56)33-23-31(54)24-49-33/h25-34,49,54H,5-24,47H2,1-4H3,(H2,48,60)(H,50,65)(H,51,66)(H,52,61)(H,63,64)(H,67,68)/t26-,27?,28+,29+,30-,31+,32-,33-,34-/m0/s1. The number of primary amides is 1. The smallest absolute Gasteiger partial charge is 0.306 e. The lowest BCUT2D eigenvalue weighted by Crippen LogP contribution is -2.47. The van der Waals surface area contributed by atoms with Gasteiger partial charge in [-0.25, -0.2) is 0 Å². The first-order chi connectivity index (χ1) is 31.9. The van der Waals surface area contributed by atoms with E-state index in [1.165, 1.54) is 18.7 Å². The van der Waals surface area contributed by atoms with E-state index in [9.17, 15) is 72.9 Å². The summed E-state index contributed by atoms with van der Waals surface area (Å²) in [6.07, 6.45) is -1.84. The summed E-state index contributed by atoms with van der Waals surface area (Å²) >= 11 is 0. The number of likely N-dealkylation sites (tertiary alicyclic amines) is 1. The lowest BCUT2D eigenvalue weighted by molar-refractivity contribution is -0.145. The van der Waals surface area contributed by atoms with E-state index in [2.05, 4.69) is 21.3 Å². The molecule has 0 aliphatic carbocycles. The highest BCUT2D eigenvalue weighted by atomic mass is 16.4. The van der Waals surface area contributed by atoms with Crippen LogP contribution in [-0.4, -0.2) is 147 Å². The maximum atomic E-state index is 13.5. The molecular weight excluding hydrogens is 891 g/mol. The summed E-state index contributed by atoms with van der Waals surface area (Å²) in [6.45, 7) is 7.26. The quantitative estimate of drug-likeness (QED) is 0.0371. The van der Waals surface area contributed by atoms with E-state index in [1.54, 1.807) is 0 Å². The fraction of sp³-hybridized carbons (Fsp3) is 0.739. The van der Waals surface area contributed by atoms with Crippen molar-refractivity contribution in [3.63, 3.8) is 0 Å². The molecule has 0 aromatic carbocycles. The molecule has 2 rings (SSSR count). The molecular formula is C46H73N7O15. The fourth-order valence-electron chi connectivity index (χ4n) is 8.41. The molecule has 0 radical (unpaired) electrons. The van der Waals surface area contributed by atoms with Crippen molar-refractivity contribution in [3.8, 4) is 0 Å². The molecule has 2 aliphatic heterocycles. The summed E-state index contributed by atoms with van der Waals surface area (Å²) in [5.74, 6) is -12.2. The van der Waals surface area contributed by atoms with Gasteiger partial charge in [0.1, 0.15) is 5.78 Å². The highest BCUT2D eigenvalue weighted by Crippen LogP contribution is 2.25. The van der Waals surface area contributed by atoms with Crippen LogP contribution in [0.1, 0.15) is 137 Å². The SMILES string of the molecule is CC(C)C[C@H](CC(=O)C(C)NC(=O)[C@H](CC(=O)O)CC(=O)[C@H](CCC(N)=O)NC(=O)CCC(=O)[C@@H]1C[C@@H](O)CN1)C(=O)N[C@@H](C)C(=O)CCC(=O)N1CCC[C@H]1C(=O)C[C@@H](CCCCN)C(=O)O. The number of unbranched alkanes of at least 4 members (excludes halogenated alkanes) is 1. The molecule has 22 nitrogen and oxygen atoms in total. The molecule has 382 valence electrons. The van der Waals surface area contributed by atoms with E-state index >= 15 is 0 Å². The number of nitrogens with zero attached hydrogens (tertiary/aromatic N) is 1. The van der Waals surface area contributed by atoms with E-state index in [1.807, 2.05) is 13.8 Å². The molecule has 0 spiro atoms. The number of carboxylic acid groups (broad SMARTS) is 2. The Morgan fingerprint density at radius 1 is 0.691 bits per heavy atom. The highest BCUT2D eigenvalue weighted by Gasteiger charge is 2.37. The topological polar surface area (TPSA) is 369 Å². The molecule has 1 unspecified atom stereocenters. The van der Waals surface area contributed by atoms with Crippen LogP contribution < -0.4 is 32.7 Å². The zero-order valence-electron chi connectivity index (χ0n) is 39.8. The minimum absolute atomic E-state index is 0.104. The van der Waals surface area contributed by atoms with Gasteiger partial charge in [0.2, 0.25) is 29.5 Å². The molecule has 9 atom stereocenters. The number of carboxylic acids is 2. The summed E-state index contributed by atoms with van der Waals surface area (Å²) in [5, 5.41) is 39.2. The number of nitrogens with one attached hydrogen (secondary N) is 4. The molecule has 11 N–H and O–H groups in total. The molecule has 0 saturated carbocycles. The second-order valence-corrected chi connectivity index (χ2v) is 18.6. The number of amides is 5. The van der Waals surface area contributed by atoms with Crippen LogP contribution in [-0.2, 0) is 57.5 Å². The van der Waals surface area contributed by atoms with Crippen molar-refractivity contribution in [3.05, 3.63) is 0 Å². The largest absolute Gasteiger partial charge is 0.481 e. The molecule has 0 bridgehead atoms. The Labute approximate surface area is 396 Å². The molecule has 5 amide bonds. The van der Waals surface area contributed by atoms with Gasteiger partial charge < -0.3 is 53.0 Å². The minimum atomic E-state index is -1.53. The van der Waals surface area contributed by atoms with Crippen LogP contribution in [0.15, 0.2) is 0 Å². The van der Waals surface area contributed by atoms with Crippen LogP contribution in [0.4, 0.5) is 0 Å². The van der Waals surface area contributed by atoms with Crippen molar-refractivity contribution in [2.24, 2.45) is 35.1 Å². The number of aliphatic hydroxyl groups is 1. The lowest BCUT2D eigenvalue weighted by atomic mass is 9.89. The van der Waals surface area contributed by atoms with Crippen LogP contribution in [0.2, 0.25) is 0 Å². The summed E-state index contributed by atoms with van der Waals surface area (Å²) in [6, 6.07) is -5.15. The van der Waals surface area contributed by atoms with Gasteiger partial charge in [-0.2, -0.15) is 0 Å². The Bertz CT molecular complexity index is 1840. The first-order valence-corrected chi connectivity index (χ1v) is 23.6. The maximum Gasteiger partial charge on any atom is 0.306 e. The zero-order valence-corrected chi connectivity index (χ0v) is 39.8. The minimum Gasteiger partial charge on any atom is -0.481 e. The number of hydrogen-bond acceptors (Lipinski definition) is 15. The third-order valence-electron chi connectivity index (χ3n) is 12.3. The Balaban J connectivity index is 2.02. The van der Waals surface area contributed by atoms with Crippen LogP contribution in [0.25, 0.3) is 0 Å². The first-order valence-electron chi connectivity index (χ1n) is 23.6. The van der Waals surface area contributed by atoms with Crippen molar-refractivity contribution < 1.29 is 72.9 Å². The van der Waals surface area contributed by atoms with E-state index < -0.39 is 132 Å². The number of Topliss-reactive ketones (excluding diaryl/α,β-unsaturated/α-hetero) is 5. The maximum absolute atomic E-state index is 13.5. The van der Waals surface area contributed by atoms with Crippen LogP contribution in [0, 0.1) is 23.7 Å². The van der Waals surface area contributed by atoms with Crippen molar-refractivity contribution in [2.75, 3.05) is 19.6 Å². The molecule has 0 aromatic rings. The fourth-order valence-corrected chi connectivity index (χ4v) is 8.41. The Morgan fingerprint density at radius 2 is 1.32 bits per heavy atom. The van der Waals surface area contributed by atoms with Gasteiger partial charge in [0, 0.05) is 70.4 Å². The van der Waals surface area contributed by atoms with E-state index in [0.29, 0.717) is 32.2 Å². The third-order valence-corrected chi connectivity index (χ3v) is 12.3. The Morgan fingerprint density at radius 3 is 1.90 bits per heavy atom. The second-order valence-electron chi connectivity index (χ2n) is 18.6. The molecule has 2 fully saturated rings. The summed E-state index contributed by atoms with van der Waals surface area (Å²) in [4.78, 5) is 155. The van der Waals surface area contributed by atoms with E-state index in [4.69, 9.17) is 11.5 Å². The van der Waals surface area contributed by atoms with E-state index in [-0.39, 0.29) is 94.8 Å². The van der Waals surface area contributed by atoms with Crippen LogP contribution in [0.5, 0.6) is 0 Å². The number of carbonyl (C=O) groups excluding carboxylic acids is 10. The van der Waals surface area contributed by atoms with Gasteiger partial charge in [-0.3, -0.25) is 57.5 Å². The third kappa shape index (κ3) is 20.8. The molecule has 2 saturated heterocycles. The van der Waals surface area contributed by atoms with Gasteiger partial charge >= 0.3 is 11.9 Å². The van der Waals surface area contributed by atoms with Gasteiger partial charge in [-0.15, -0.1) is 0 Å². The Kier molecular flexibility index (Phi) is 25.4. The van der Waals surface area contributed by atoms with Gasteiger partial charge in [-0.1, -0.05) is 20.3 Å². The first kappa shape index (κ1) is 58.6. The van der Waals surface area contributed by atoms with Crippen molar-refractivity contribution in [1.82, 2.24) is 26.2 Å². The molecule has 0 aromatic heterocycles.